The van der Waals surface area contributed by atoms with Crippen molar-refractivity contribution in [3.63, 3.8) is 0 Å². The van der Waals surface area contributed by atoms with E-state index in [-0.39, 0.29) is 5.54 Å². The normalized spacial score (nSPS) is 26.1. The average molecular weight is 215 g/mol. The van der Waals surface area contributed by atoms with E-state index in [9.17, 15) is 0 Å². The third-order valence-electron chi connectivity index (χ3n) is 2.62. The Morgan fingerprint density at radius 1 is 1.43 bits per heavy atom. The van der Waals surface area contributed by atoms with Crippen LogP contribution in [0.3, 0.4) is 0 Å². The molecule has 1 N–H and O–H groups in total. The summed E-state index contributed by atoms with van der Waals surface area (Å²) in [6, 6.07) is 0.434. The Kier molecular flexibility index (Phi) is 3.07. The number of thiocarbonyl (C=S) groups is 1. The Morgan fingerprint density at radius 2 is 1.93 bits per heavy atom. The van der Waals surface area contributed by atoms with Crippen molar-refractivity contribution in [1.29, 1.82) is 0 Å². The van der Waals surface area contributed by atoms with Crippen LogP contribution in [0.15, 0.2) is 0 Å². The van der Waals surface area contributed by atoms with E-state index in [0.29, 0.717) is 12.2 Å². The molecule has 1 saturated heterocycles. The number of hydrogen-bond acceptors (Lipinski definition) is 2. The zero-order chi connectivity index (χ0) is 11.1. The van der Waals surface area contributed by atoms with E-state index < -0.39 is 0 Å². The van der Waals surface area contributed by atoms with Crippen molar-refractivity contribution in [1.82, 2.24) is 15.1 Å². The number of nitrogens with one attached hydrogen (secondary N) is 1. The van der Waals surface area contributed by atoms with Crippen LogP contribution in [0.25, 0.3) is 0 Å². The van der Waals surface area contributed by atoms with Gasteiger partial charge in [-0.2, -0.15) is 0 Å². The molecule has 1 aliphatic heterocycles. The second-order valence-electron chi connectivity index (χ2n) is 4.99. The van der Waals surface area contributed by atoms with Gasteiger partial charge in [0.25, 0.3) is 0 Å². The Labute approximate surface area is 92.4 Å². The monoisotopic (exact) mass is 215 g/mol. The molecule has 0 amide bonds. The van der Waals surface area contributed by atoms with Gasteiger partial charge in [0.05, 0.1) is 5.54 Å². The van der Waals surface area contributed by atoms with Crippen molar-refractivity contribution >= 4 is 17.3 Å². The van der Waals surface area contributed by atoms with Crippen LogP contribution in [-0.4, -0.2) is 46.8 Å². The van der Waals surface area contributed by atoms with Gasteiger partial charge in [0, 0.05) is 6.04 Å². The largest absolute Gasteiger partial charge is 0.354 e. The molecule has 82 valence electrons. The molecule has 4 heteroatoms. The summed E-state index contributed by atoms with van der Waals surface area (Å²) in [7, 11) is 4.19. The van der Waals surface area contributed by atoms with Gasteiger partial charge in [0.2, 0.25) is 0 Å². The first-order valence-corrected chi connectivity index (χ1v) is 5.45. The first-order chi connectivity index (χ1) is 6.27. The van der Waals surface area contributed by atoms with Gasteiger partial charge in [-0.15, -0.1) is 0 Å². The molecule has 3 nitrogen and oxygen atoms in total. The number of hydrogen-bond donors (Lipinski definition) is 1. The second-order valence-corrected chi connectivity index (χ2v) is 5.38. The first kappa shape index (κ1) is 11.7. The molecule has 0 aromatic heterocycles. The average Bonchev–Trinajstić information content (AvgIpc) is 2.19. The molecule has 0 radical (unpaired) electrons. The summed E-state index contributed by atoms with van der Waals surface area (Å²) in [6.07, 6.45) is 0.329. The van der Waals surface area contributed by atoms with Crippen molar-refractivity contribution in [2.45, 2.75) is 45.4 Å². The van der Waals surface area contributed by atoms with Gasteiger partial charge >= 0.3 is 0 Å². The van der Waals surface area contributed by atoms with Crippen molar-refractivity contribution < 1.29 is 0 Å². The maximum Gasteiger partial charge on any atom is 0.171 e. The molecule has 0 aliphatic carbocycles. The van der Waals surface area contributed by atoms with Crippen LogP contribution in [0, 0.1) is 0 Å². The van der Waals surface area contributed by atoms with E-state index in [4.69, 9.17) is 12.2 Å². The fraction of sp³-hybridized carbons (Fsp3) is 0.900. The number of rotatable bonds is 2. The van der Waals surface area contributed by atoms with Crippen LogP contribution >= 0.6 is 12.2 Å². The van der Waals surface area contributed by atoms with Crippen molar-refractivity contribution in [2.75, 3.05) is 14.1 Å². The molecule has 1 fully saturated rings. The maximum atomic E-state index is 5.35. The van der Waals surface area contributed by atoms with Gasteiger partial charge in [-0.25, -0.2) is 0 Å². The predicted molar refractivity (Wildman–Crippen MR) is 64.3 cm³/mol. The molecule has 0 bridgehead atoms. The summed E-state index contributed by atoms with van der Waals surface area (Å²) in [4.78, 5) is 4.47. The smallest absolute Gasteiger partial charge is 0.171 e. The molecule has 1 aliphatic rings. The first-order valence-electron chi connectivity index (χ1n) is 5.04. The lowest BCUT2D eigenvalue weighted by atomic mass is 10.0. The maximum absolute atomic E-state index is 5.35. The van der Waals surface area contributed by atoms with Crippen LogP contribution < -0.4 is 5.32 Å². The molecule has 1 atom stereocenters. The highest BCUT2D eigenvalue weighted by Gasteiger charge is 2.45. The number of likely N-dealkylation sites (N-methyl/N-ethyl adjacent to an activating group) is 1. The highest BCUT2D eigenvalue weighted by atomic mass is 32.1. The van der Waals surface area contributed by atoms with Crippen LogP contribution in [0.2, 0.25) is 0 Å². The Morgan fingerprint density at radius 3 is 2.21 bits per heavy atom. The molecule has 0 aromatic carbocycles. The molecular formula is C10H21N3S. The van der Waals surface area contributed by atoms with Gasteiger partial charge in [-0.1, -0.05) is 0 Å². The highest BCUT2D eigenvalue weighted by Crippen LogP contribution is 2.26. The van der Waals surface area contributed by atoms with Gasteiger partial charge in [0.15, 0.2) is 5.11 Å². The van der Waals surface area contributed by atoms with E-state index in [0.717, 1.165) is 5.11 Å². The molecule has 0 spiro atoms. The van der Waals surface area contributed by atoms with Gasteiger partial charge in [0.1, 0.15) is 6.17 Å². The zero-order valence-corrected chi connectivity index (χ0v) is 10.8. The molecule has 0 saturated carbocycles. The molecule has 1 heterocycles. The minimum atomic E-state index is 0.0187. The van der Waals surface area contributed by atoms with Gasteiger partial charge in [-0.3, -0.25) is 4.90 Å². The van der Waals surface area contributed by atoms with Crippen molar-refractivity contribution in [3.05, 3.63) is 0 Å². The number of nitrogens with zero attached hydrogens (tertiary/aromatic N) is 2. The highest BCUT2D eigenvalue weighted by molar-refractivity contribution is 7.80. The lowest BCUT2D eigenvalue weighted by Crippen LogP contribution is -2.54. The third kappa shape index (κ3) is 1.86. The molecule has 1 rings (SSSR count). The van der Waals surface area contributed by atoms with E-state index in [1.807, 2.05) is 0 Å². The molecule has 14 heavy (non-hydrogen) atoms. The Bertz CT molecular complexity index is 236. The fourth-order valence-electron chi connectivity index (χ4n) is 2.27. The minimum Gasteiger partial charge on any atom is -0.354 e. The van der Waals surface area contributed by atoms with Crippen molar-refractivity contribution in [3.8, 4) is 0 Å². The summed E-state index contributed by atoms with van der Waals surface area (Å²) < 4.78 is 0. The molecule has 1 unspecified atom stereocenters. The Hall–Kier alpha value is -0.350. The molecular weight excluding hydrogens is 194 g/mol. The van der Waals surface area contributed by atoms with Crippen LogP contribution in [0.5, 0.6) is 0 Å². The van der Waals surface area contributed by atoms with Crippen LogP contribution in [0.4, 0.5) is 0 Å². The van der Waals surface area contributed by atoms with E-state index in [1.165, 1.54) is 0 Å². The van der Waals surface area contributed by atoms with E-state index in [1.54, 1.807) is 0 Å². The third-order valence-corrected chi connectivity index (χ3v) is 2.93. The summed E-state index contributed by atoms with van der Waals surface area (Å²) >= 11 is 5.35. The zero-order valence-electron chi connectivity index (χ0n) is 9.96. The lowest BCUT2D eigenvalue weighted by molar-refractivity contribution is 0.0880. The lowest BCUT2D eigenvalue weighted by Gasteiger charge is -2.38. The molecule has 0 aromatic rings. The van der Waals surface area contributed by atoms with Crippen LogP contribution in [-0.2, 0) is 0 Å². The SMILES string of the molecule is CC(C)N1C(=S)NC(C)(C)C1N(C)C. The van der Waals surface area contributed by atoms with Gasteiger partial charge < -0.3 is 10.2 Å². The Balaban J connectivity index is 2.99. The summed E-state index contributed by atoms with van der Waals surface area (Å²) in [5.74, 6) is 0. The predicted octanol–water partition coefficient (Wildman–Crippen LogP) is 1.25. The van der Waals surface area contributed by atoms with Crippen molar-refractivity contribution in [2.24, 2.45) is 0 Å². The quantitative estimate of drug-likeness (QED) is 0.699. The minimum absolute atomic E-state index is 0.0187. The van der Waals surface area contributed by atoms with E-state index >= 15 is 0 Å². The topological polar surface area (TPSA) is 18.5 Å². The van der Waals surface area contributed by atoms with Gasteiger partial charge in [-0.05, 0) is 54.0 Å². The summed E-state index contributed by atoms with van der Waals surface area (Å²) in [5, 5.41) is 4.24. The summed E-state index contributed by atoms with van der Waals surface area (Å²) in [5.41, 5.74) is 0.0187. The summed E-state index contributed by atoms with van der Waals surface area (Å²) in [6.45, 7) is 8.72. The fourth-order valence-corrected chi connectivity index (χ4v) is 2.85. The second kappa shape index (κ2) is 3.66. The van der Waals surface area contributed by atoms with Crippen LogP contribution in [0.1, 0.15) is 27.7 Å². The standard InChI is InChI=1S/C10H21N3S/c1-7(2)13-8(12(5)6)10(3,4)11-9(13)14/h7-8H,1-6H3,(H,11,14). The van der Waals surface area contributed by atoms with E-state index in [2.05, 4.69) is 56.9 Å².